The SMILES string of the molecule is CC(C)(C)OC(=O)N1CCCN(c2ncc(C#N)cc2N)CC1. The first-order chi connectivity index (χ1) is 10.8. The van der Waals surface area contributed by atoms with Gasteiger partial charge in [-0.1, -0.05) is 0 Å². The van der Waals surface area contributed by atoms with Crippen LogP contribution in [-0.2, 0) is 4.74 Å². The van der Waals surface area contributed by atoms with Crippen LogP contribution in [0.3, 0.4) is 0 Å². The number of hydrogen-bond donors (Lipinski definition) is 1. The molecular weight excluding hydrogens is 294 g/mol. The first kappa shape index (κ1) is 16.9. The van der Waals surface area contributed by atoms with Crippen LogP contribution in [-0.4, -0.2) is 47.8 Å². The maximum absolute atomic E-state index is 12.2. The highest BCUT2D eigenvalue weighted by Gasteiger charge is 2.25. The molecule has 1 saturated heterocycles. The molecule has 1 aromatic heterocycles. The van der Waals surface area contributed by atoms with Gasteiger partial charge in [-0.25, -0.2) is 9.78 Å². The lowest BCUT2D eigenvalue weighted by molar-refractivity contribution is 0.0263. The number of anilines is 2. The maximum Gasteiger partial charge on any atom is 0.410 e. The zero-order valence-electron chi connectivity index (χ0n) is 13.9. The number of amides is 1. The number of pyridine rings is 1. The average Bonchev–Trinajstić information content (AvgIpc) is 2.71. The Labute approximate surface area is 136 Å². The average molecular weight is 317 g/mol. The molecule has 2 N–H and O–H groups in total. The van der Waals surface area contributed by atoms with Gasteiger partial charge in [-0.05, 0) is 33.3 Å². The summed E-state index contributed by atoms with van der Waals surface area (Å²) >= 11 is 0. The molecule has 1 aromatic rings. The number of nitriles is 1. The molecule has 0 atom stereocenters. The number of nitrogens with zero attached hydrogens (tertiary/aromatic N) is 4. The normalized spacial score (nSPS) is 15.7. The summed E-state index contributed by atoms with van der Waals surface area (Å²) in [5.74, 6) is 0.662. The molecule has 7 nitrogen and oxygen atoms in total. The number of rotatable bonds is 1. The van der Waals surface area contributed by atoms with Gasteiger partial charge < -0.3 is 20.3 Å². The number of hydrogen-bond acceptors (Lipinski definition) is 6. The Morgan fingerprint density at radius 2 is 2.09 bits per heavy atom. The van der Waals surface area contributed by atoms with Crippen molar-refractivity contribution in [1.82, 2.24) is 9.88 Å². The third-order valence-corrected chi connectivity index (χ3v) is 3.47. The topological polar surface area (TPSA) is 95.5 Å². The monoisotopic (exact) mass is 317 g/mol. The molecule has 0 aliphatic carbocycles. The third-order valence-electron chi connectivity index (χ3n) is 3.47. The van der Waals surface area contributed by atoms with E-state index >= 15 is 0 Å². The number of ether oxygens (including phenoxy) is 1. The van der Waals surface area contributed by atoms with Crippen molar-refractivity contribution >= 4 is 17.6 Å². The summed E-state index contributed by atoms with van der Waals surface area (Å²) in [6, 6.07) is 3.65. The van der Waals surface area contributed by atoms with E-state index in [0.29, 0.717) is 36.7 Å². The first-order valence-corrected chi connectivity index (χ1v) is 7.68. The summed E-state index contributed by atoms with van der Waals surface area (Å²) in [6.07, 6.45) is 2.03. The molecule has 124 valence electrons. The maximum atomic E-state index is 12.2. The molecule has 0 aromatic carbocycles. The molecule has 1 aliphatic heterocycles. The molecular formula is C16H23N5O2. The predicted octanol–water partition coefficient (Wildman–Crippen LogP) is 1.98. The van der Waals surface area contributed by atoms with Gasteiger partial charge >= 0.3 is 6.09 Å². The van der Waals surface area contributed by atoms with E-state index in [1.807, 2.05) is 31.7 Å². The molecule has 23 heavy (non-hydrogen) atoms. The Bertz CT molecular complexity index is 618. The van der Waals surface area contributed by atoms with Gasteiger partial charge in [0.15, 0.2) is 5.82 Å². The molecule has 1 amide bonds. The van der Waals surface area contributed by atoms with Crippen molar-refractivity contribution in [1.29, 1.82) is 5.26 Å². The van der Waals surface area contributed by atoms with Crippen LogP contribution in [0.15, 0.2) is 12.3 Å². The number of nitrogens with two attached hydrogens (primary N) is 1. The fourth-order valence-electron chi connectivity index (χ4n) is 2.44. The number of nitrogen functional groups attached to an aromatic ring is 1. The highest BCUT2D eigenvalue weighted by molar-refractivity contribution is 5.69. The summed E-state index contributed by atoms with van der Waals surface area (Å²) in [6.45, 7) is 8.14. The van der Waals surface area contributed by atoms with E-state index in [1.165, 1.54) is 6.20 Å². The standard InChI is InChI=1S/C16H23N5O2/c1-16(2,3)23-15(22)21-6-4-5-20(7-8-21)14-13(18)9-12(10-17)11-19-14/h9,11H,4-8,18H2,1-3H3. The van der Waals surface area contributed by atoms with E-state index in [0.717, 1.165) is 13.0 Å². The number of aromatic nitrogens is 1. The Morgan fingerprint density at radius 1 is 1.35 bits per heavy atom. The Kier molecular flexibility index (Phi) is 4.94. The van der Waals surface area contributed by atoms with Gasteiger partial charge in [0.2, 0.25) is 0 Å². The van der Waals surface area contributed by atoms with Crippen molar-refractivity contribution in [2.24, 2.45) is 0 Å². The minimum Gasteiger partial charge on any atom is -0.444 e. The molecule has 0 radical (unpaired) electrons. The lowest BCUT2D eigenvalue weighted by Gasteiger charge is -2.27. The van der Waals surface area contributed by atoms with E-state index in [9.17, 15) is 4.79 Å². The third kappa shape index (κ3) is 4.49. The van der Waals surface area contributed by atoms with Crippen LogP contribution in [0.1, 0.15) is 32.8 Å². The Hall–Kier alpha value is -2.49. The van der Waals surface area contributed by atoms with Gasteiger partial charge in [0.1, 0.15) is 11.7 Å². The van der Waals surface area contributed by atoms with Crippen LogP contribution in [0, 0.1) is 11.3 Å². The second-order valence-electron chi connectivity index (χ2n) is 6.56. The molecule has 2 rings (SSSR count). The second-order valence-corrected chi connectivity index (χ2v) is 6.56. The van der Waals surface area contributed by atoms with Crippen molar-refractivity contribution in [2.45, 2.75) is 32.8 Å². The molecule has 0 spiro atoms. The molecule has 7 heteroatoms. The molecule has 1 fully saturated rings. The predicted molar refractivity (Wildman–Crippen MR) is 88.0 cm³/mol. The largest absolute Gasteiger partial charge is 0.444 e. The van der Waals surface area contributed by atoms with E-state index in [-0.39, 0.29) is 6.09 Å². The van der Waals surface area contributed by atoms with Crippen molar-refractivity contribution in [3.05, 3.63) is 17.8 Å². The summed E-state index contributed by atoms with van der Waals surface area (Å²) in [7, 11) is 0. The number of carbonyl (C=O) groups excluding carboxylic acids is 1. The van der Waals surface area contributed by atoms with Gasteiger partial charge in [0.25, 0.3) is 0 Å². The van der Waals surface area contributed by atoms with Gasteiger partial charge in [0, 0.05) is 32.4 Å². The first-order valence-electron chi connectivity index (χ1n) is 7.68. The van der Waals surface area contributed by atoms with Crippen molar-refractivity contribution in [2.75, 3.05) is 36.8 Å². The molecule has 0 saturated carbocycles. The van der Waals surface area contributed by atoms with E-state index in [1.54, 1.807) is 11.0 Å². The minimum absolute atomic E-state index is 0.292. The molecule has 0 bridgehead atoms. The minimum atomic E-state index is -0.498. The van der Waals surface area contributed by atoms with Crippen molar-refractivity contribution in [3.8, 4) is 6.07 Å². The van der Waals surface area contributed by atoms with Crippen molar-refractivity contribution in [3.63, 3.8) is 0 Å². The van der Waals surface area contributed by atoms with Gasteiger partial charge in [-0.2, -0.15) is 5.26 Å². The van der Waals surface area contributed by atoms with Gasteiger partial charge in [-0.3, -0.25) is 0 Å². The van der Waals surface area contributed by atoms with Crippen LogP contribution in [0.2, 0.25) is 0 Å². The fraction of sp³-hybridized carbons (Fsp3) is 0.562. The summed E-state index contributed by atoms with van der Waals surface area (Å²) in [4.78, 5) is 20.2. The summed E-state index contributed by atoms with van der Waals surface area (Å²) in [5, 5.41) is 8.88. The lowest BCUT2D eigenvalue weighted by Crippen LogP contribution is -2.39. The lowest BCUT2D eigenvalue weighted by atomic mass is 10.2. The Morgan fingerprint density at radius 3 is 2.70 bits per heavy atom. The van der Waals surface area contributed by atoms with E-state index < -0.39 is 5.60 Å². The Balaban J connectivity index is 2.04. The summed E-state index contributed by atoms with van der Waals surface area (Å²) < 4.78 is 5.42. The van der Waals surface area contributed by atoms with Gasteiger partial charge in [0.05, 0.1) is 11.3 Å². The van der Waals surface area contributed by atoms with E-state index in [4.69, 9.17) is 15.7 Å². The fourth-order valence-corrected chi connectivity index (χ4v) is 2.44. The highest BCUT2D eigenvalue weighted by atomic mass is 16.6. The van der Waals surface area contributed by atoms with Gasteiger partial charge in [-0.15, -0.1) is 0 Å². The number of carbonyl (C=O) groups is 1. The van der Waals surface area contributed by atoms with Crippen LogP contribution < -0.4 is 10.6 Å². The van der Waals surface area contributed by atoms with Crippen molar-refractivity contribution < 1.29 is 9.53 Å². The van der Waals surface area contributed by atoms with Crippen LogP contribution in [0.4, 0.5) is 16.3 Å². The van der Waals surface area contributed by atoms with Crippen LogP contribution >= 0.6 is 0 Å². The van der Waals surface area contributed by atoms with E-state index in [2.05, 4.69) is 4.98 Å². The van der Waals surface area contributed by atoms with Crippen LogP contribution in [0.5, 0.6) is 0 Å². The smallest absolute Gasteiger partial charge is 0.410 e. The molecule has 0 unspecified atom stereocenters. The quantitative estimate of drug-likeness (QED) is 0.851. The second kappa shape index (κ2) is 6.73. The zero-order chi connectivity index (χ0) is 17.0. The summed E-state index contributed by atoms with van der Waals surface area (Å²) in [5.41, 5.74) is 6.42. The molecule has 1 aliphatic rings. The highest BCUT2D eigenvalue weighted by Crippen LogP contribution is 2.22. The molecule has 2 heterocycles. The zero-order valence-corrected chi connectivity index (χ0v) is 13.9. The van der Waals surface area contributed by atoms with Crippen LogP contribution in [0.25, 0.3) is 0 Å².